The standard InChI is InChI=1S/C21H21BrN2O4/c22-15-11-9-14(10-12-15)21(27)28-13-19(25)24-18-8-4-3-7-17(18)20(26)23-16-5-1-2-6-16/h3-4,7-12,16H,1-2,5-6,13H2,(H,23,26)(H,24,25). The number of para-hydroxylation sites is 1. The summed E-state index contributed by atoms with van der Waals surface area (Å²) in [6, 6.07) is 13.6. The van der Waals surface area contributed by atoms with Gasteiger partial charge in [0.15, 0.2) is 6.61 Å². The van der Waals surface area contributed by atoms with Crippen LogP contribution in [0, 0.1) is 0 Å². The van der Waals surface area contributed by atoms with Gasteiger partial charge in [-0.1, -0.05) is 40.9 Å². The Morgan fingerprint density at radius 2 is 1.68 bits per heavy atom. The molecule has 7 heteroatoms. The van der Waals surface area contributed by atoms with Gasteiger partial charge < -0.3 is 15.4 Å². The highest BCUT2D eigenvalue weighted by Gasteiger charge is 2.20. The van der Waals surface area contributed by atoms with E-state index < -0.39 is 18.5 Å². The number of esters is 1. The van der Waals surface area contributed by atoms with Gasteiger partial charge in [-0.25, -0.2) is 4.79 Å². The van der Waals surface area contributed by atoms with Crippen molar-refractivity contribution in [2.75, 3.05) is 11.9 Å². The Hall–Kier alpha value is -2.67. The van der Waals surface area contributed by atoms with Crippen molar-refractivity contribution < 1.29 is 19.1 Å². The molecule has 0 unspecified atom stereocenters. The van der Waals surface area contributed by atoms with Crippen LogP contribution in [0.4, 0.5) is 5.69 Å². The summed E-state index contributed by atoms with van der Waals surface area (Å²) in [7, 11) is 0. The first-order chi connectivity index (χ1) is 13.5. The molecule has 0 aliphatic heterocycles. The summed E-state index contributed by atoms with van der Waals surface area (Å²) in [5.74, 6) is -1.31. The zero-order valence-electron chi connectivity index (χ0n) is 15.2. The van der Waals surface area contributed by atoms with Crippen molar-refractivity contribution in [2.24, 2.45) is 0 Å². The largest absolute Gasteiger partial charge is 0.452 e. The summed E-state index contributed by atoms with van der Waals surface area (Å²) in [5.41, 5.74) is 1.14. The maximum Gasteiger partial charge on any atom is 0.338 e. The molecule has 3 rings (SSSR count). The molecule has 0 atom stereocenters. The highest BCUT2D eigenvalue weighted by Crippen LogP contribution is 2.20. The Balaban J connectivity index is 1.57. The number of nitrogens with one attached hydrogen (secondary N) is 2. The van der Waals surface area contributed by atoms with E-state index in [9.17, 15) is 14.4 Å². The van der Waals surface area contributed by atoms with Crippen LogP contribution in [0.5, 0.6) is 0 Å². The summed E-state index contributed by atoms with van der Waals surface area (Å²) in [5, 5.41) is 5.65. The third-order valence-corrected chi connectivity index (χ3v) is 5.08. The molecule has 2 N–H and O–H groups in total. The average Bonchev–Trinajstić information content (AvgIpc) is 3.20. The lowest BCUT2D eigenvalue weighted by Crippen LogP contribution is -2.33. The second-order valence-corrected chi connectivity index (χ2v) is 7.55. The number of carbonyl (C=O) groups excluding carboxylic acids is 3. The van der Waals surface area contributed by atoms with E-state index >= 15 is 0 Å². The molecule has 0 radical (unpaired) electrons. The van der Waals surface area contributed by atoms with Gasteiger partial charge >= 0.3 is 5.97 Å². The molecule has 2 aromatic carbocycles. The number of carbonyl (C=O) groups is 3. The lowest BCUT2D eigenvalue weighted by atomic mass is 10.1. The first-order valence-electron chi connectivity index (χ1n) is 9.15. The number of anilines is 1. The minimum atomic E-state index is -0.588. The second-order valence-electron chi connectivity index (χ2n) is 6.63. The average molecular weight is 445 g/mol. The first-order valence-corrected chi connectivity index (χ1v) is 9.94. The summed E-state index contributed by atoms with van der Waals surface area (Å²) in [6.45, 7) is -0.437. The van der Waals surface area contributed by atoms with Crippen molar-refractivity contribution in [2.45, 2.75) is 31.7 Å². The molecule has 1 aliphatic carbocycles. The summed E-state index contributed by atoms with van der Waals surface area (Å²) in [6.07, 6.45) is 4.19. The monoisotopic (exact) mass is 444 g/mol. The van der Waals surface area contributed by atoms with Crippen molar-refractivity contribution in [1.82, 2.24) is 5.32 Å². The van der Waals surface area contributed by atoms with E-state index in [1.54, 1.807) is 48.5 Å². The number of amides is 2. The summed E-state index contributed by atoms with van der Waals surface area (Å²) in [4.78, 5) is 36.7. The maximum absolute atomic E-state index is 12.5. The molecule has 146 valence electrons. The predicted octanol–water partition coefficient (Wildman–Crippen LogP) is 3.92. The third kappa shape index (κ3) is 5.42. The van der Waals surface area contributed by atoms with Crippen molar-refractivity contribution >= 4 is 39.4 Å². The van der Waals surface area contributed by atoms with E-state index in [-0.39, 0.29) is 11.9 Å². The summed E-state index contributed by atoms with van der Waals surface area (Å²) >= 11 is 3.29. The minimum Gasteiger partial charge on any atom is -0.452 e. The van der Waals surface area contributed by atoms with Gasteiger partial charge in [-0.05, 0) is 49.2 Å². The van der Waals surface area contributed by atoms with Gasteiger partial charge in [-0.15, -0.1) is 0 Å². The molecule has 1 saturated carbocycles. The highest BCUT2D eigenvalue weighted by molar-refractivity contribution is 9.10. The number of hydrogen-bond donors (Lipinski definition) is 2. The van der Waals surface area contributed by atoms with E-state index in [4.69, 9.17) is 4.74 Å². The molecule has 28 heavy (non-hydrogen) atoms. The molecule has 0 spiro atoms. The van der Waals surface area contributed by atoms with Crippen LogP contribution in [0.1, 0.15) is 46.4 Å². The van der Waals surface area contributed by atoms with Crippen LogP contribution in [0.3, 0.4) is 0 Å². The topological polar surface area (TPSA) is 84.5 Å². The van der Waals surface area contributed by atoms with Crippen molar-refractivity contribution in [3.05, 3.63) is 64.1 Å². The lowest BCUT2D eigenvalue weighted by Gasteiger charge is -2.15. The van der Waals surface area contributed by atoms with Gasteiger partial charge in [-0.3, -0.25) is 9.59 Å². The smallest absolute Gasteiger partial charge is 0.338 e. The fourth-order valence-corrected chi connectivity index (χ4v) is 3.37. The van der Waals surface area contributed by atoms with Crippen LogP contribution in [0.15, 0.2) is 53.0 Å². The van der Waals surface area contributed by atoms with Crippen molar-refractivity contribution in [1.29, 1.82) is 0 Å². The molecule has 0 aromatic heterocycles. The van der Waals surface area contributed by atoms with Gasteiger partial charge in [0.25, 0.3) is 11.8 Å². The van der Waals surface area contributed by atoms with Gasteiger partial charge in [0.2, 0.25) is 0 Å². The second kappa shape index (κ2) is 9.50. The molecule has 1 fully saturated rings. The summed E-state index contributed by atoms with van der Waals surface area (Å²) < 4.78 is 5.89. The normalized spacial score (nSPS) is 13.8. The third-order valence-electron chi connectivity index (χ3n) is 4.55. The number of rotatable bonds is 6. The Labute approximate surface area is 171 Å². The maximum atomic E-state index is 12.5. The van der Waals surface area contributed by atoms with Gasteiger partial charge in [0.05, 0.1) is 16.8 Å². The molecule has 0 saturated heterocycles. The Bertz CT molecular complexity index is 861. The van der Waals surface area contributed by atoms with Crippen LogP contribution in [-0.4, -0.2) is 30.4 Å². The van der Waals surface area contributed by atoms with Crippen molar-refractivity contribution in [3.8, 4) is 0 Å². The number of hydrogen-bond acceptors (Lipinski definition) is 4. The van der Waals surface area contributed by atoms with E-state index in [0.29, 0.717) is 16.8 Å². The van der Waals surface area contributed by atoms with Crippen LogP contribution in [0.25, 0.3) is 0 Å². The molecule has 0 heterocycles. The highest BCUT2D eigenvalue weighted by atomic mass is 79.9. The predicted molar refractivity (Wildman–Crippen MR) is 109 cm³/mol. The molecule has 2 aromatic rings. The fourth-order valence-electron chi connectivity index (χ4n) is 3.11. The molecule has 6 nitrogen and oxygen atoms in total. The number of benzene rings is 2. The zero-order chi connectivity index (χ0) is 19.9. The number of ether oxygens (including phenoxy) is 1. The fraction of sp³-hybridized carbons (Fsp3) is 0.286. The number of halogens is 1. The molecular weight excluding hydrogens is 424 g/mol. The SMILES string of the molecule is O=C(COC(=O)c1ccc(Br)cc1)Nc1ccccc1C(=O)NC1CCCC1. The Morgan fingerprint density at radius 3 is 2.39 bits per heavy atom. The van der Waals surface area contributed by atoms with Crippen molar-refractivity contribution in [3.63, 3.8) is 0 Å². The quantitative estimate of drug-likeness (QED) is 0.661. The van der Waals surface area contributed by atoms with Gasteiger partial charge in [0, 0.05) is 10.5 Å². The van der Waals surface area contributed by atoms with E-state index in [1.807, 2.05) is 0 Å². The van der Waals surface area contributed by atoms with Gasteiger partial charge in [0.1, 0.15) is 0 Å². The van der Waals surface area contributed by atoms with Crippen LogP contribution < -0.4 is 10.6 Å². The molecule has 2 amide bonds. The van der Waals surface area contributed by atoms with Crippen LogP contribution in [0.2, 0.25) is 0 Å². The Kier molecular flexibility index (Phi) is 6.81. The minimum absolute atomic E-state index is 0.183. The molecule has 1 aliphatic rings. The van der Waals surface area contributed by atoms with Crippen LogP contribution >= 0.6 is 15.9 Å². The van der Waals surface area contributed by atoms with E-state index in [1.165, 1.54) is 0 Å². The van der Waals surface area contributed by atoms with Crippen LogP contribution in [-0.2, 0) is 9.53 Å². The Morgan fingerprint density at radius 1 is 1.00 bits per heavy atom. The molecular formula is C21H21BrN2O4. The molecule has 0 bridgehead atoms. The van der Waals surface area contributed by atoms with Gasteiger partial charge in [-0.2, -0.15) is 0 Å². The van der Waals surface area contributed by atoms with E-state index in [2.05, 4.69) is 26.6 Å². The van der Waals surface area contributed by atoms with E-state index in [0.717, 1.165) is 30.2 Å². The first kappa shape index (κ1) is 20.1. The lowest BCUT2D eigenvalue weighted by molar-refractivity contribution is -0.119. The zero-order valence-corrected chi connectivity index (χ0v) is 16.8.